The zero-order valence-corrected chi connectivity index (χ0v) is 24.2. The van der Waals surface area contributed by atoms with E-state index in [2.05, 4.69) is 48.5 Å². The highest BCUT2D eigenvalue weighted by Gasteiger charge is 2.51. The number of hydrogen-bond donors (Lipinski definition) is 2. The lowest BCUT2D eigenvalue weighted by molar-refractivity contribution is 0.395. The Morgan fingerprint density at radius 2 is 0.953 bits per heavy atom. The van der Waals surface area contributed by atoms with Gasteiger partial charge in [-0.1, -0.05) is 48.5 Å². The summed E-state index contributed by atoms with van der Waals surface area (Å²) < 4.78 is 23.7. The van der Waals surface area contributed by atoms with Crippen LogP contribution in [0.4, 0.5) is 11.4 Å². The molecule has 4 aliphatic heterocycles. The van der Waals surface area contributed by atoms with Gasteiger partial charge in [0, 0.05) is 37.1 Å². The molecule has 5 aliphatic rings. The van der Waals surface area contributed by atoms with Gasteiger partial charge in [-0.05, 0) is 79.9 Å². The summed E-state index contributed by atoms with van der Waals surface area (Å²) in [6.07, 6.45) is 4.62. The third kappa shape index (κ3) is 4.39. The molecule has 0 radical (unpaired) electrons. The highest BCUT2D eigenvalue weighted by atomic mass is 16.6. The summed E-state index contributed by atoms with van der Waals surface area (Å²) in [5.74, 6) is 0. The molecule has 4 heterocycles. The first-order valence-corrected chi connectivity index (χ1v) is 15.6. The lowest BCUT2D eigenvalue weighted by Crippen LogP contribution is -2.31. The molecule has 4 saturated heterocycles. The van der Waals surface area contributed by atoms with Crippen molar-refractivity contribution in [1.29, 1.82) is 0 Å². The number of nitrogens with two attached hydrogens (primary N) is 2. The summed E-state index contributed by atoms with van der Waals surface area (Å²) in [5, 5.41) is 0. The molecule has 1 aliphatic carbocycles. The largest absolute Gasteiger partial charge is 0.399 e. The van der Waals surface area contributed by atoms with Crippen LogP contribution in [0.15, 0.2) is 72.8 Å². The summed E-state index contributed by atoms with van der Waals surface area (Å²) in [7, 11) is 0. The van der Waals surface area contributed by atoms with Gasteiger partial charge in [-0.3, -0.25) is 0 Å². The van der Waals surface area contributed by atoms with E-state index >= 15 is 0 Å². The molecule has 0 spiro atoms. The molecule has 4 aromatic carbocycles. The molecule has 218 valence electrons. The average Bonchev–Trinajstić information content (AvgIpc) is 3.83. The van der Waals surface area contributed by atoms with Crippen LogP contribution in [0.3, 0.4) is 0 Å². The zero-order chi connectivity index (χ0) is 28.7. The van der Waals surface area contributed by atoms with E-state index in [9.17, 15) is 0 Å². The maximum absolute atomic E-state index is 6.29. The third-order valence-corrected chi connectivity index (χ3v) is 9.95. The Balaban J connectivity index is 1.44. The molecule has 0 bridgehead atoms. The summed E-state index contributed by atoms with van der Waals surface area (Å²) in [4.78, 5) is 0. The molecule has 43 heavy (non-hydrogen) atoms. The van der Waals surface area contributed by atoms with Crippen LogP contribution >= 0.6 is 0 Å². The molecule has 9 rings (SSSR count). The van der Waals surface area contributed by atoms with E-state index in [1.807, 2.05) is 24.3 Å². The van der Waals surface area contributed by atoms with Crippen LogP contribution in [0.5, 0.6) is 0 Å². The fourth-order valence-corrected chi connectivity index (χ4v) is 7.67. The van der Waals surface area contributed by atoms with Gasteiger partial charge < -0.3 is 30.4 Å². The quantitative estimate of drug-likeness (QED) is 0.181. The van der Waals surface area contributed by atoms with Gasteiger partial charge in [0.05, 0.1) is 56.3 Å². The van der Waals surface area contributed by atoms with Crippen LogP contribution in [-0.4, -0.2) is 50.8 Å². The maximum Gasteiger partial charge on any atom is 0.0850 e. The minimum Gasteiger partial charge on any atom is -0.399 e. The van der Waals surface area contributed by atoms with Crippen molar-refractivity contribution in [2.75, 3.05) is 37.9 Å². The normalized spacial score (nSPS) is 25.2. The number of epoxide rings is 4. The maximum atomic E-state index is 6.29. The Morgan fingerprint density at radius 1 is 0.535 bits per heavy atom. The highest BCUT2D eigenvalue weighted by Crippen LogP contribution is 2.60. The number of rotatable bonds is 10. The lowest BCUT2D eigenvalue weighted by atomic mass is 9.64. The van der Waals surface area contributed by atoms with E-state index in [0.717, 1.165) is 63.5 Å². The second kappa shape index (κ2) is 9.66. The minimum absolute atomic E-state index is 0.227. The van der Waals surface area contributed by atoms with E-state index in [-0.39, 0.29) is 24.4 Å². The molecule has 0 saturated carbocycles. The molecule has 0 aromatic heterocycles. The molecule has 4 aromatic rings. The van der Waals surface area contributed by atoms with Crippen LogP contribution in [0.1, 0.15) is 44.5 Å². The topological polar surface area (TPSA) is 102 Å². The lowest BCUT2D eigenvalue weighted by Gasteiger charge is -2.37. The number of nitrogen functional groups attached to an aromatic ring is 2. The number of hydrogen-bond acceptors (Lipinski definition) is 6. The number of benzene rings is 4. The van der Waals surface area contributed by atoms with Crippen LogP contribution in [-0.2, 0) is 50.0 Å². The molecule has 6 nitrogen and oxygen atoms in total. The molecular weight excluding hydrogens is 536 g/mol. The van der Waals surface area contributed by atoms with E-state index in [0.29, 0.717) is 0 Å². The third-order valence-electron chi connectivity index (χ3n) is 9.95. The van der Waals surface area contributed by atoms with Crippen molar-refractivity contribution < 1.29 is 18.9 Å². The molecule has 4 atom stereocenters. The Bertz CT molecular complexity index is 1670. The van der Waals surface area contributed by atoms with Crippen LogP contribution in [0.25, 0.3) is 11.1 Å². The predicted octanol–water partition coefficient (Wildman–Crippen LogP) is 4.98. The second-order valence-electron chi connectivity index (χ2n) is 12.8. The van der Waals surface area contributed by atoms with Crippen molar-refractivity contribution in [2.45, 2.75) is 55.5 Å². The number of fused-ring (bicyclic) bond motifs is 3. The number of ether oxygens (including phenoxy) is 4. The van der Waals surface area contributed by atoms with Gasteiger partial charge in [0.2, 0.25) is 0 Å². The summed E-state index contributed by atoms with van der Waals surface area (Å²) in [5.41, 5.74) is 27.0. The van der Waals surface area contributed by atoms with Crippen molar-refractivity contribution in [2.24, 2.45) is 0 Å². The fourth-order valence-electron chi connectivity index (χ4n) is 7.67. The molecule has 4 N–H and O–H groups in total. The van der Waals surface area contributed by atoms with E-state index in [4.69, 9.17) is 30.4 Å². The van der Waals surface area contributed by atoms with Gasteiger partial charge in [-0.15, -0.1) is 0 Å². The van der Waals surface area contributed by atoms with Crippen molar-refractivity contribution >= 4 is 11.4 Å². The molecule has 4 unspecified atom stereocenters. The van der Waals surface area contributed by atoms with Gasteiger partial charge in [0.25, 0.3) is 0 Å². The fraction of sp³-hybridized carbons (Fsp3) is 0.351. The predicted molar refractivity (Wildman–Crippen MR) is 166 cm³/mol. The first kappa shape index (κ1) is 25.8. The summed E-state index contributed by atoms with van der Waals surface area (Å²) >= 11 is 0. The van der Waals surface area contributed by atoms with Gasteiger partial charge in [-0.25, -0.2) is 0 Å². The number of anilines is 2. The van der Waals surface area contributed by atoms with Crippen LogP contribution in [0.2, 0.25) is 0 Å². The van der Waals surface area contributed by atoms with Gasteiger partial charge in [-0.2, -0.15) is 0 Å². The van der Waals surface area contributed by atoms with Crippen molar-refractivity contribution in [1.82, 2.24) is 0 Å². The van der Waals surface area contributed by atoms with Crippen molar-refractivity contribution in [3.8, 4) is 11.1 Å². The summed E-state index contributed by atoms with van der Waals surface area (Å²) in [6.45, 7) is 3.26. The van der Waals surface area contributed by atoms with E-state index in [1.54, 1.807) is 0 Å². The van der Waals surface area contributed by atoms with Crippen molar-refractivity contribution in [3.05, 3.63) is 117 Å². The first-order chi connectivity index (χ1) is 21.1. The molecule has 0 amide bonds. The molecule has 6 heteroatoms. The van der Waals surface area contributed by atoms with Gasteiger partial charge in [0.15, 0.2) is 0 Å². The first-order valence-electron chi connectivity index (χ1n) is 15.6. The molecule has 4 fully saturated rings. The van der Waals surface area contributed by atoms with Crippen molar-refractivity contribution in [3.63, 3.8) is 0 Å². The van der Waals surface area contributed by atoms with Gasteiger partial charge in [0.1, 0.15) is 0 Å². The standard InChI is InChI=1S/C37H36N2O4/c38-23-9-5-21(6-10-23)37(22-7-11-24(39)12-8-22)34-4-2-1-3-29(34)35-32(15-27-19-42-27)30(13-25-17-40-25)31(14-26-18-41-26)33(36(35)37)16-28-20-43-28/h1-12,25-28H,13-20,38-39H2. The smallest absolute Gasteiger partial charge is 0.0850 e. The minimum atomic E-state index is -0.551. The Labute approximate surface area is 251 Å². The zero-order valence-electron chi connectivity index (χ0n) is 24.2. The Morgan fingerprint density at radius 3 is 1.44 bits per heavy atom. The van der Waals surface area contributed by atoms with E-state index < -0.39 is 5.41 Å². The Hall–Kier alpha value is -3.68. The van der Waals surface area contributed by atoms with Gasteiger partial charge >= 0.3 is 0 Å². The monoisotopic (exact) mass is 572 g/mol. The van der Waals surface area contributed by atoms with Crippen LogP contribution in [0, 0.1) is 0 Å². The summed E-state index contributed by atoms with van der Waals surface area (Å²) in [6, 6.07) is 26.0. The Kier molecular flexibility index (Phi) is 5.79. The molecular formula is C37H36N2O4. The second-order valence-corrected chi connectivity index (χ2v) is 12.8. The highest BCUT2D eigenvalue weighted by molar-refractivity contribution is 5.91. The SMILES string of the molecule is Nc1ccc(C2(c3ccc(N)cc3)c3ccccc3-c3c(CC4CO4)c(CC4CO4)c(CC4CO4)c(CC4CO4)c32)cc1. The average molecular weight is 573 g/mol. The van der Waals surface area contributed by atoms with Crippen LogP contribution < -0.4 is 11.5 Å². The van der Waals surface area contributed by atoms with E-state index in [1.165, 1.54) is 55.6 Å².